The molecule has 0 fully saturated rings. The van der Waals surface area contributed by atoms with Crippen LogP contribution in [0.15, 0.2) is 51.8 Å². The highest BCUT2D eigenvalue weighted by molar-refractivity contribution is 9.10. The maximum absolute atomic E-state index is 12.6. The van der Waals surface area contributed by atoms with E-state index in [2.05, 4.69) is 25.4 Å². The number of hydrogen-bond acceptors (Lipinski definition) is 5. The second kappa shape index (κ2) is 9.41. The molecule has 1 N–H and O–H groups in total. The number of rotatable bonds is 8. The molecule has 12 heteroatoms. The van der Waals surface area contributed by atoms with Crippen molar-refractivity contribution in [3.8, 4) is 11.5 Å². The van der Waals surface area contributed by atoms with Crippen LogP contribution in [-0.2, 0) is 10.0 Å². The number of anilines is 1. The zero-order valence-corrected chi connectivity index (χ0v) is 18.4. The summed E-state index contributed by atoms with van der Waals surface area (Å²) in [5, 5.41) is 0. The van der Waals surface area contributed by atoms with Crippen LogP contribution in [0.4, 0.5) is 18.9 Å². The molecule has 0 spiro atoms. The number of likely N-dealkylation sites (N-methyl/N-ethyl adjacent to an activating group) is 1. The Kier molecular flexibility index (Phi) is 7.66. The standard InChI is InChI=1S/C17H17BrClF3N2O4S/c1-24(2)16(19)10-27-13-6-4-12(5-7-13)23-29(25,26)15-8-3-11(18)9-14(15)28-17(20,21)22/h3-9,16,23H,10H2,1-2H3. The minimum Gasteiger partial charge on any atom is -0.491 e. The van der Waals surface area contributed by atoms with Gasteiger partial charge in [0.2, 0.25) is 0 Å². The van der Waals surface area contributed by atoms with E-state index >= 15 is 0 Å². The molecule has 1 atom stereocenters. The summed E-state index contributed by atoms with van der Waals surface area (Å²) < 4.78 is 74.7. The number of sulfonamides is 1. The van der Waals surface area contributed by atoms with Crippen LogP contribution in [0.25, 0.3) is 0 Å². The highest BCUT2D eigenvalue weighted by Gasteiger charge is 2.34. The van der Waals surface area contributed by atoms with Crippen molar-refractivity contribution in [1.82, 2.24) is 4.90 Å². The molecule has 2 rings (SSSR count). The van der Waals surface area contributed by atoms with E-state index in [1.165, 1.54) is 30.3 Å². The van der Waals surface area contributed by atoms with E-state index in [1.54, 1.807) is 19.0 Å². The Morgan fingerprint density at radius 1 is 1.17 bits per heavy atom. The Morgan fingerprint density at radius 3 is 2.34 bits per heavy atom. The van der Waals surface area contributed by atoms with E-state index in [0.29, 0.717) is 5.75 Å². The second-order valence-corrected chi connectivity index (χ2v) is 9.05. The van der Waals surface area contributed by atoms with Crippen molar-refractivity contribution >= 4 is 43.2 Å². The third-order valence-electron chi connectivity index (χ3n) is 3.48. The number of ether oxygens (including phenoxy) is 2. The largest absolute Gasteiger partial charge is 0.573 e. The zero-order chi connectivity index (χ0) is 21.8. The number of benzene rings is 2. The summed E-state index contributed by atoms with van der Waals surface area (Å²) in [6.45, 7) is 0.205. The topological polar surface area (TPSA) is 67.9 Å². The lowest BCUT2D eigenvalue weighted by molar-refractivity contribution is -0.275. The predicted molar refractivity (Wildman–Crippen MR) is 107 cm³/mol. The van der Waals surface area contributed by atoms with Gasteiger partial charge in [0.1, 0.15) is 22.8 Å². The molecule has 0 saturated carbocycles. The third kappa shape index (κ3) is 7.25. The van der Waals surface area contributed by atoms with Gasteiger partial charge in [-0.05, 0) is 56.6 Å². The molecule has 29 heavy (non-hydrogen) atoms. The van der Waals surface area contributed by atoms with Gasteiger partial charge in [-0.1, -0.05) is 15.9 Å². The van der Waals surface area contributed by atoms with Crippen molar-refractivity contribution in [2.45, 2.75) is 16.8 Å². The van der Waals surface area contributed by atoms with Gasteiger partial charge in [-0.2, -0.15) is 0 Å². The maximum atomic E-state index is 12.6. The van der Waals surface area contributed by atoms with Crippen molar-refractivity contribution in [3.63, 3.8) is 0 Å². The van der Waals surface area contributed by atoms with Crippen LogP contribution in [0.2, 0.25) is 0 Å². The molecule has 6 nitrogen and oxygen atoms in total. The Hall–Kier alpha value is -1.69. The van der Waals surface area contributed by atoms with Crippen LogP contribution in [0.5, 0.6) is 11.5 Å². The van der Waals surface area contributed by atoms with Crippen molar-refractivity contribution in [2.24, 2.45) is 0 Å². The number of nitrogens with zero attached hydrogens (tertiary/aromatic N) is 1. The van der Waals surface area contributed by atoms with E-state index in [9.17, 15) is 21.6 Å². The van der Waals surface area contributed by atoms with E-state index in [1.807, 2.05) is 0 Å². The molecule has 2 aromatic carbocycles. The lowest BCUT2D eigenvalue weighted by Gasteiger charge is -2.18. The first kappa shape index (κ1) is 23.6. The third-order valence-corrected chi connectivity index (χ3v) is 5.91. The zero-order valence-electron chi connectivity index (χ0n) is 15.2. The monoisotopic (exact) mass is 516 g/mol. The van der Waals surface area contributed by atoms with Crippen LogP contribution in [0.3, 0.4) is 0 Å². The molecule has 0 radical (unpaired) electrons. The fraction of sp³-hybridized carbons (Fsp3) is 0.294. The minimum absolute atomic E-state index is 0.133. The van der Waals surface area contributed by atoms with Gasteiger partial charge in [-0.3, -0.25) is 9.62 Å². The summed E-state index contributed by atoms with van der Waals surface area (Å²) in [5.41, 5.74) is -0.217. The van der Waals surface area contributed by atoms with E-state index in [-0.39, 0.29) is 22.3 Å². The number of halogens is 5. The average molecular weight is 518 g/mol. The molecule has 2 aromatic rings. The quantitative estimate of drug-likeness (QED) is 0.408. The van der Waals surface area contributed by atoms with Crippen LogP contribution in [0, 0.1) is 0 Å². The van der Waals surface area contributed by atoms with Gasteiger partial charge >= 0.3 is 6.36 Å². The fourth-order valence-corrected chi connectivity index (χ4v) is 3.62. The second-order valence-electron chi connectivity index (χ2n) is 5.98. The number of alkyl halides is 4. The molecule has 160 valence electrons. The SMILES string of the molecule is CN(C)C(Cl)COc1ccc(NS(=O)(=O)c2ccc(Br)cc2OC(F)(F)F)cc1. The summed E-state index contributed by atoms with van der Waals surface area (Å²) in [5.74, 6) is -0.402. The molecule has 1 unspecified atom stereocenters. The van der Waals surface area contributed by atoms with Crippen LogP contribution >= 0.6 is 27.5 Å². The van der Waals surface area contributed by atoms with Crippen LogP contribution < -0.4 is 14.2 Å². The van der Waals surface area contributed by atoms with Gasteiger partial charge in [0.25, 0.3) is 10.0 Å². The number of nitrogens with one attached hydrogen (secondary N) is 1. The Bertz CT molecular complexity index is 941. The first-order chi connectivity index (χ1) is 13.4. The number of hydrogen-bond donors (Lipinski definition) is 1. The Morgan fingerprint density at radius 2 is 1.79 bits per heavy atom. The van der Waals surface area contributed by atoms with Gasteiger partial charge in [-0.15, -0.1) is 24.8 Å². The predicted octanol–water partition coefficient (Wildman–Crippen LogP) is 4.65. The van der Waals surface area contributed by atoms with Crippen molar-refractivity contribution in [3.05, 3.63) is 46.9 Å². The van der Waals surface area contributed by atoms with Crippen molar-refractivity contribution in [2.75, 3.05) is 25.4 Å². The summed E-state index contributed by atoms with van der Waals surface area (Å²) in [7, 11) is -0.768. The van der Waals surface area contributed by atoms with Gasteiger partial charge in [0.15, 0.2) is 5.75 Å². The van der Waals surface area contributed by atoms with Gasteiger partial charge < -0.3 is 9.47 Å². The first-order valence-corrected chi connectivity index (χ1v) is 10.7. The van der Waals surface area contributed by atoms with Gasteiger partial charge in [0, 0.05) is 10.2 Å². The molecular weight excluding hydrogens is 501 g/mol. The molecule has 0 saturated heterocycles. The summed E-state index contributed by atoms with van der Waals surface area (Å²) in [4.78, 5) is 1.09. The molecule has 0 aliphatic rings. The minimum atomic E-state index is -5.04. The summed E-state index contributed by atoms with van der Waals surface area (Å²) >= 11 is 9.03. The highest BCUT2D eigenvalue weighted by atomic mass is 79.9. The van der Waals surface area contributed by atoms with Crippen LogP contribution in [-0.4, -0.2) is 45.9 Å². The Balaban J connectivity index is 2.17. The average Bonchev–Trinajstić information content (AvgIpc) is 2.58. The maximum Gasteiger partial charge on any atom is 0.573 e. The fourth-order valence-electron chi connectivity index (χ4n) is 2.05. The molecular formula is C17H17BrClF3N2O4S. The van der Waals surface area contributed by atoms with Crippen molar-refractivity contribution in [1.29, 1.82) is 0 Å². The van der Waals surface area contributed by atoms with Crippen molar-refractivity contribution < 1.29 is 31.1 Å². The van der Waals surface area contributed by atoms with E-state index in [0.717, 1.165) is 12.1 Å². The van der Waals surface area contributed by atoms with Crippen LogP contribution in [0.1, 0.15) is 0 Å². The lowest BCUT2D eigenvalue weighted by atomic mass is 10.3. The first-order valence-electron chi connectivity index (χ1n) is 7.99. The molecule has 0 aliphatic heterocycles. The summed E-state index contributed by atoms with van der Waals surface area (Å²) in [6, 6.07) is 9.06. The summed E-state index contributed by atoms with van der Waals surface area (Å²) in [6.07, 6.45) is -5.04. The molecule has 0 heterocycles. The van der Waals surface area contributed by atoms with Gasteiger partial charge in [0.05, 0.1) is 0 Å². The smallest absolute Gasteiger partial charge is 0.491 e. The molecule has 0 aromatic heterocycles. The van der Waals surface area contributed by atoms with Gasteiger partial charge in [-0.25, -0.2) is 8.42 Å². The Labute approximate surface area is 179 Å². The van der Waals surface area contributed by atoms with E-state index in [4.69, 9.17) is 16.3 Å². The highest BCUT2D eigenvalue weighted by Crippen LogP contribution is 2.33. The van der Waals surface area contributed by atoms with E-state index < -0.39 is 27.0 Å². The normalized spacial score (nSPS) is 13.2. The lowest BCUT2D eigenvalue weighted by Crippen LogP contribution is -2.28. The molecule has 0 amide bonds. The molecule has 0 aliphatic carbocycles. The molecule has 0 bridgehead atoms.